The van der Waals surface area contributed by atoms with Gasteiger partial charge in [0.1, 0.15) is 16.7 Å². The molecule has 0 aliphatic carbocycles. The summed E-state index contributed by atoms with van der Waals surface area (Å²) < 4.78 is 35.6. The maximum atomic E-state index is 12.7. The molecule has 2 aromatic heterocycles. The van der Waals surface area contributed by atoms with Crippen LogP contribution in [0.25, 0.3) is 21.9 Å². The van der Waals surface area contributed by atoms with Gasteiger partial charge in [0.15, 0.2) is 10.5 Å². The lowest BCUT2D eigenvalue weighted by molar-refractivity contribution is 0.473. The van der Waals surface area contributed by atoms with Gasteiger partial charge in [0.25, 0.3) is 0 Å². The number of benzene rings is 2. The second-order valence-electron chi connectivity index (χ2n) is 5.53. The van der Waals surface area contributed by atoms with E-state index in [9.17, 15) is 23.1 Å². The summed E-state index contributed by atoms with van der Waals surface area (Å²) in [5.74, 6) is -0.134. The molecule has 8 heteroatoms. The molecular weight excluding hydrogens is 360 g/mol. The van der Waals surface area contributed by atoms with Gasteiger partial charge in [-0.2, -0.15) is 0 Å². The normalized spacial score (nSPS) is 11.8. The SMILES string of the molecule is O=c1oc2c(cc1S(=O)(=O)c1ccccc1)c(=O)oc1cc(O)ccc12. The topological polar surface area (TPSA) is 115 Å². The highest BCUT2D eigenvalue weighted by Gasteiger charge is 2.25. The molecule has 1 N–H and O–H groups in total. The number of hydrogen-bond acceptors (Lipinski definition) is 7. The molecule has 0 aliphatic heterocycles. The number of hydrogen-bond donors (Lipinski definition) is 1. The summed E-state index contributed by atoms with van der Waals surface area (Å²) >= 11 is 0. The highest BCUT2D eigenvalue weighted by atomic mass is 32.2. The van der Waals surface area contributed by atoms with Crippen molar-refractivity contribution < 1.29 is 22.4 Å². The van der Waals surface area contributed by atoms with Gasteiger partial charge in [0, 0.05) is 6.07 Å². The molecule has 4 aromatic rings. The van der Waals surface area contributed by atoms with Gasteiger partial charge in [0.2, 0.25) is 9.84 Å². The van der Waals surface area contributed by atoms with Gasteiger partial charge in [-0.05, 0) is 30.3 Å². The summed E-state index contributed by atoms with van der Waals surface area (Å²) in [6.45, 7) is 0. The molecule has 2 heterocycles. The van der Waals surface area contributed by atoms with Gasteiger partial charge in [-0.25, -0.2) is 18.0 Å². The Bertz CT molecular complexity index is 1380. The fourth-order valence-electron chi connectivity index (χ4n) is 2.66. The van der Waals surface area contributed by atoms with Gasteiger partial charge in [0.05, 0.1) is 10.3 Å². The van der Waals surface area contributed by atoms with Crippen molar-refractivity contribution in [3.8, 4) is 5.75 Å². The quantitative estimate of drug-likeness (QED) is 0.426. The van der Waals surface area contributed by atoms with Gasteiger partial charge < -0.3 is 13.9 Å². The van der Waals surface area contributed by atoms with Crippen LogP contribution in [-0.4, -0.2) is 13.5 Å². The molecule has 0 spiro atoms. The summed E-state index contributed by atoms with van der Waals surface area (Å²) in [6, 6.07) is 12.2. The van der Waals surface area contributed by atoms with Crippen molar-refractivity contribution in [3.63, 3.8) is 0 Å². The number of phenols is 1. The Balaban J connectivity index is 2.09. The monoisotopic (exact) mass is 370 g/mol. The zero-order chi connectivity index (χ0) is 18.5. The molecule has 7 nitrogen and oxygen atoms in total. The molecule has 0 atom stereocenters. The predicted octanol–water partition coefficient (Wildman–Crippen LogP) is 2.44. The third-order valence-electron chi connectivity index (χ3n) is 3.89. The minimum atomic E-state index is -4.16. The van der Waals surface area contributed by atoms with Crippen LogP contribution in [0.5, 0.6) is 5.75 Å². The van der Waals surface area contributed by atoms with Gasteiger partial charge in [-0.3, -0.25) is 0 Å². The molecule has 0 unspecified atom stereocenters. The van der Waals surface area contributed by atoms with Crippen molar-refractivity contribution in [3.05, 3.63) is 75.4 Å². The highest BCUT2D eigenvalue weighted by molar-refractivity contribution is 7.91. The summed E-state index contributed by atoms with van der Waals surface area (Å²) in [4.78, 5) is 23.8. The molecule has 130 valence electrons. The lowest BCUT2D eigenvalue weighted by Gasteiger charge is -2.05. The Hall–Kier alpha value is -3.39. The number of fused-ring (bicyclic) bond motifs is 3. The molecule has 0 fully saturated rings. The third-order valence-corrected chi connectivity index (χ3v) is 5.65. The summed E-state index contributed by atoms with van der Waals surface area (Å²) in [5.41, 5.74) is -2.06. The number of rotatable bonds is 2. The third kappa shape index (κ3) is 2.39. The molecule has 0 bridgehead atoms. The van der Waals surface area contributed by atoms with E-state index in [1.807, 2.05) is 0 Å². The van der Waals surface area contributed by atoms with Crippen molar-refractivity contribution >= 4 is 31.8 Å². The molecule has 0 saturated heterocycles. The molecular formula is C18H10O7S. The largest absolute Gasteiger partial charge is 0.508 e. The Morgan fingerprint density at radius 1 is 0.808 bits per heavy atom. The average Bonchev–Trinajstić information content (AvgIpc) is 2.61. The number of sulfone groups is 1. The first-order valence-corrected chi connectivity index (χ1v) is 8.90. The van der Waals surface area contributed by atoms with E-state index in [0.29, 0.717) is 0 Å². The summed E-state index contributed by atoms with van der Waals surface area (Å²) in [6.07, 6.45) is 0. The van der Waals surface area contributed by atoms with E-state index < -0.39 is 26.0 Å². The first-order valence-electron chi connectivity index (χ1n) is 7.42. The van der Waals surface area contributed by atoms with Crippen molar-refractivity contribution in [2.75, 3.05) is 0 Å². The van der Waals surface area contributed by atoms with Crippen LogP contribution in [0.4, 0.5) is 0 Å². The fraction of sp³-hybridized carbons (Fsp3) is 0. The molecule has 0 radical (unpaired) electrons. The van der Waals surface area contributed by atoms with Crippen LogP contribution in [0.15, 0.2) is 82.8 Å². The Kier molecular flexibility index (Phi) is 3.45. The highest BCUT2D eigenvalue weighted by Crippen LogP contribution is 2.27. The molecule has 0 aliphatic rings. The number of phenolic OH excluding ortho intramolecular Hbond substituents is 1. The van der Waals surface area contributed by atoms with Crippen molar-refractivity contribution in [1.82, 2.24) is 0 Å². The lowest BCUT2D eigenvalue weighted by atomic mass is 10.2. The Morgan fingerprint density at radius 3 is 2.27 bits per heavy atom. The number of aromatic hydroxyl groups is 1. The zero-order valence-corrected chi connectivity index (χ0v) is 13.8. The first-order chi connectivity index (χ1) is 12.4. The van der Waals surface area contributed by atoms with Gasteiger partial charge >= 0.3 is 11.3 Å². The van der Waals surface area contributed by atoms with Crippen molar-refractivity contribution in [2.45, 2.75) is 9.79 Å². The van der Waals surface area contributed by atoms with E-state index in [1.165, 1.54) is 42.5 Å². The van der Waals surface area contributed by atoms with Gasteiger partial charge in [-0.1, -0.05) is 18.2 Å². The van der Waals surface area contributed by atoms with Crippen molar-refractivity contribution in [2.24, 2.45) is 0 Å². The molecule has 0 amide bonds. The molecule has 4 rings (SSSR count). The van der Waals surface area contributed by atoms with E-state index in [4.69, 9.17) is 8.83 Å². The summed E-state index contributed by atoms with van der Waals surface area (Å²) in [7, 11) is -4.16. The van der Waals surface area contributed by atoms with Crippen LogP contribution in [0, 0.1) is 0 Å². The van der Waals surface area contributed by atoms with E-state index >= 15 is 0 Å². The average molecular weight is 370 g/mol. The molecule has 2 aromatic carbocycles. The molecule has 26 heavy (non-hydrogen) atoms. The predicted molar refractivity (Wildman–Crippen MR) is 92.1 cm³/mol. The maximum Gasteiger partial charge on any atom is 0.355 e. The van der Waals surface area contributed by atoms with Crippen LogP contribution >= 0.6 is 0 Å². The van der Waals surface area contributed by atoms with Crippen LogP contribution in [0.2, 0.25) is 0 Å². The van der Waals surface area contributed by atoms with Crippen LogP contribution in [-0.2, 0) is 9.84 Å². The van der Waals surface area contributed by atoms with Gasteiger partial charge in [-0.15, -0.1) is 0 Å². The van der Waals surface area contributed by atoms with E-state index in [0.717, 1.165) is 6.07 Å². The maximum absolute atomic E-state index is 12.7. The Morgan fingerprint density at radius 2 is 1.54 bits per heavy atom. The van der Waals surface area contributed by atoms with Crippen LogP contribution in [0.3, 0.4) is 0 Å². The summed E-state index contributed by atoms with van der Waals surface area (Å²) in [5, 5.41) is 9.57. The smallest absolute Gasteiger partial charge is 0.355 e. The minimum Gasteiger partial charge on any atom is -0.508 e. The van der Waals surface area contributed by atoms with E-state index in [2.05, 4.69) is 0 Å². The van der Waals surface area contributed by atoms with Crippen LogP contribution < -0.4 is 11.3 Å². The second kappa shape index (κ2) is 5.57. The minimum absolute atomic E-state index is 0.0179. The van der Waals surface area contributed by atoms with Crippen molar-refractivity contribution in [1.29, 1.82) is 0 Å². The Labute approximate surface area is 145 Å². The zero-order valence-electron chi connectivity index (χ0n) is 13.0. The standard InChI is InChI=1S/C18H10O7S/c19-10-6-7-12-14(8-10)24-17(20)13-9-15(18(21)25-16(12)13)26(22,23)11-4-2-1-3-5-11/h1-9,19H. The first kappa shape index (κ1) is 16.1. The fourth-order valence-corrected chi connectivity index (χ4v) is 3.96. The molecule has 0 saturated carbocycles. The van der Waals surface area contributed by atoms with E-state index in [1.54, 1.807) is 6.07 Å². The van der Waals surface area contributed by atoms with Crippen LogP contribution in [0.1, 0.15) is 0 Å². The lowest BCUT2D eigenvalue weighted by Crippen LogP contribution is -2.16. The van der Waals surface area contributed by atoms with E-state index in [-0.39, 0.29) is 32.6 Å². The second-order valence-corrected chi connectivity index (χ2v) is 7.45.